The van der Waals surface area contributed by atoms with Crippen molar-refractivity contribution < 1.29 is 4.92 Å². The second kappa shape index (κ2) is 3.65. The van der Waals surface area contributed by atoms with Crippen LogP contribution in [0.2, 0.25) is 0 Å². The predicted octanol–water partition coefficient (Wildman–Crippen LogP) is 1.38. The Labute approximate surface area is 90.3 Å². The van der Waals surface area contributed by atoms with Crippen LogP contribution in [-0.4, -0.2) is 14.5 Å². The zero-order valence-corrected chi connectivity index (χ0v) is 8.51. The molecule has 82 valence electrons. The first-order valence-corrected chi connectivity index (χ1v) is 4.61. The molecule has 1 N–H and O–H groups in total. The molecule has 0 saturated heterocycles. The largest absolute Gasteiger partial charge is 0.330 e. The Morgan fingerprint density at radius 2 is 2.19 bits per heavy atom. The molecule has 6 heteroatoms. The first kappa shape index (κ1) is 10.2. The predicted molar refractivity (Wildman–Crippen MR) is 57.8 cm³/mol. The lowest BCUT2D eigenvalue weighted by Gasteiger charge is -2.03. The Bertz CT molecular complexity index is 597. The summed E-state index contributed by atoms with van der Waals surface area (Å²) in [4.78, 5) is 24.1. The molecule has 0 bridgehead atoms. The lowest BCUT2D eigenvalue weighted by molar-refractivity contribution is -0.384. The van der Waals surface area contributed by atoms with Crippen molar-refractivity contribution in [3.63, 3.8) is 0 Å². The Morgan fingerprint density at radius 3 is 2.75 bits per heavy atom. The van der Waals surface area contributed by atoms with Gasteiger partial charge in [0.25, 0.3) is 5.69 Å². The molecule has 2 aromatic rings. The summed E-state index contributed by atoms with van der Waals surface area (Å²) in [7, 11) is 0. The minimum atomic E-state index is -0.506. The number of aromatic nitrogens is 2. The fraction of sp³-hybridized carbons (Fsp3) is 0.100. The van der Waals surface area contributed by atoms with E-state index in [-0.39, 0.29) is 11.4 Å². The van der Waals surface area contributed by atoms with Gasteiger partial charge in [0, 0.05) is 18.5 Å². The number of nitro benzene ring substituents is 1. The van der Waals surface area contributed by atoms with Gasteiger partial charge in [-0.3, -0.25) is 14.7 Å². The van der Waals surface area contributed by atoms with Crippen LogP contribution in [0.25, 0.3) is 5.69 Å². The van der Waals surface area contributed by atoms with E-state index in [0.717, 1.165) is 5.56 Å². The third-order valence-electron chi connectivity index (χ3n) is 2.24. The lowest BCUT2D eigenvalue weighted by Crippen LogP contribution is -2.15. The van der Waals surface area contributed by atoms with Crippen molar-refractivity contribution in [2.45, 2.75) is 6.92 Å². The van der Waals surface area contributed by atoms with Gasteiger partial charge in [-0.25, -0.2) is 4.79 Å². The van der Waals surface area contributed by atoms with Crippen LogP contribution in [0.3, 0.4) is 0 Å². The molecule has 0 unspecified atom stereocenters. The Kier molecular flexibility index (Phi) is 2.32. The highest BCUT2D eigenvalue weighted by molar-refractivity contribution is 5.53. The van der Waals surface area contributed by atoms with Crippen molar-refractivity contribution >= 4 is 5.69 Å². The number of imidazole rings is 1. The SMILES string of the molecule is Cc1ccc([N+](=O)[O-])c(-n2cc[nH]c2=O)c1. The minimum Gasteiger partial charge on any atom is -0.312 e. The zero-order chi connectivity index (χ0) is 11.7. The standard InChI is InChI=1S/C10H9N3O3/c1-7-2-3-8(13(15)16)9(6-7)12-5-4-11-10(12)14/h2-6H,1H3,(H,11,14). The number of aromatic amines is 1. The van der Waals surface area contributed by atoms with Crippen LogP contribution in [0.5, 0.6) is 0 Å². The number of aryl methyl sites for hydroxylation is 1. The second-order valence-corrected chi connectivity index (χ2v) is 3.38. The molecule has 0 aliphatic heterocycles. The summed E-state index contributed by atoms with van der Waals surface area (Å²) >= 11 is 0. The molecule has 1 aromatic carbocycles. The fourth-order valence-corrected chi connectivity index (χ4v) is 1.49. The molecule has 0 aliphatic carbocycles. The fourth-order valence-electron chi connectivity index (χ4n) is 1.49. The maximum atomic E-state index is 11.4. The van der Waals surface area contributed by atoms with Crippen LogP contribution in [-0.2, 0) is 0 Å². The van der Waals surface area contributed by atoms with Crippen LogP contribution < -0.4 is 5.69 Å². The molecule has 1 aromatic heterocycles. The van der Waals surface area contributed by atoms with Crippen molar-refractivity contribution in [2.24, 2.45) is 0 Å². The van der Waals surface area contributed by atoms with Gasteiger partial charge in [0.15, 0.2) is 0 Å². The number of rotatable bonds is 2. The van der Waals surface area contributed by atoms with Crippen LogP contribution >= 0.6 is 0 Å². The smallest absolute Gasteiger partial charge is 0.312 e. The van der Waals surface area contributed by atoms with E-state index in [1.165, 1.54) is 23.0 Å². The molecule has 0 amide bonds. The number of hydrogen-bond acceptors (Lipinski definition) is 3. The first-order valence-electron chi connectivity index (χ1n) is 4.61. The average Bonchev–Trinajstić information content (AvgIpc) is 2.63. The molecule has 2 rings (SSSR count). The number of nitrogens with one attached hydrogen (secondary N) is 1. The van der Waals surface area contributed by atoms with Gasteiger partial charge in [0.1, 0.15) is 5.69 Å². The Hall–Kier alpha value is -2.37. The molecule has 6 nitrogen and oxygen atoms in total. The number of hydrogen-bond donors (Lipinski definition) is 1. The van der Waals surface area contributed by atoms with Crippen molar-refractivity contribution in [3.8, 4) is 5.69 Å². The number of nitro groups is 1. The highest BCUT2D eigenvalue weighted by atomic mass is 16.6. The van der Waals surface area contributed by atoms with Gasteiger partial charge in [-0.1, -0.05) is 6.07 Å². The van der Waals surface area contributed by atoms with E-state index in [4.69, 9.17) is 0 Å². The van der Waals surface area contributed by atoms with Gasteiger partial charge in [0.2, 0.25) is 0 Å². The molecule has 0 spiro atoms. The van der Waals surface area contributed by atoms with Gasteiger partial charge in [-0.2, -0.15) is 0 Å². The summed E-state index contributed by atoms with van der Waals surface area (Å²) in [6, 6.07) is 4.64. The molecule has 1 heterocycles. The van der Waals surface area contributed by atoms with E-state index < -0.39 is 10.6 Å². The normalized spacial score (nSPS) is 10.3. The van der Waals surface area contributed by atoms with E-state index in [1.54, 1.807) is 12.1 Å². The molecule has 0 saturated carbocycles. The monoisotopic (exact) mass is 219 g/mol. The topological polar surface area (TPSA) is 80.9 Å². The number of benzene rings is 1. The summed E-state index contributed by atoms with van der Waals surface area (Å²) in [5.74, 6) is 0. The molecule has 0 fully saturated rings. The Morgan fingerprint density at radius 1 is 1.44 bits per heavy atom. The minimum absolute atomic E-state index is 0.0905. The van der Waals surface area contributed by atoms with E-state index in [1.807, 2.05) is 6.92 Å². The van der Waals surface area contributed by atoms with Gasteiger partial charge < -0.3 is 4.98 Å². The molecule has 0 aliphatic rings. The number of H-pyrrole nitrogens is 1. The van der Waals surface area contributed by atoms with Crippen LogP contribution in [0.15, 0.2) is 35.4 Å². The molecule has 0 atom stereocenters. The Balaban J connectivity index is 2.72. The highest BCUT2D eigenvalue weighted by Crippen LogP contribution is 2.22. The van der Waals surface area contributed by atoms with Gasteiger partial charge >= 0.3 is 5.69 Å². The highest BCUT2D eigenvalue weighted by Gasteiger charge is 2.16. The van der Waals surface area contributed by atoms with Crippen LogP contribution in [0.4, 0.5) is 5.69 Å². The van der Waals surface area contributed by atoms with Gasteiger partial charge in [-0.15, -0.1) is 0 Å². The quantitative estimate of drug-likeness (QED) is 0.612. The molecule has 16 heavy (non-hydrogen) atoms. The van der Waals surface area contributed by atoms with E-state index in [0.29, 0.717) is 0 Å². The van der Waals surface area contributed by atoms with Crippen molar-refractivity contribution in [3.05, 3.63) is 56.8 Å². The average molecular weight is 219 g/mol. The summed E-state index contributed by atoms with van der Waals surface area (Å²) < 4.78 is 1.21. The van der Waals surface area contributed by atoms with Gasteiger partial charge in [-0.05, 0) is 18.6 Å². The summed E-state index contributed by atoms with van der Waals surface area (Å²) in [5.41, 5.74) is 0.644. The third kappa shape index (κ3) is 1.60. The van der Waals surface area contributed by atoms with Crippen LogP contribution in [0, 0.1) is 17.0 Å². The second-order valence-electron chi connectivity index (χ2n) is 3.38. The van der Waals surface area contributed by atoms with E-state index >= 15 is 0 Å². The summed E-state index contributed by atoms with van der Waals surface area (Å²) in [6.07, 6.45) is 2.90. The van der Waals surface area contributed by atoms with Crippen molar-refractivity contribution in [2.75, 3.05) is 0 Å². The maximum absolute atomic E-state index is 11.4. The first-order chi connectivity index (χ1) is 7.59. The number of nitrogens with zero attached hydrogens (tertiary/aromatic N) is 2. The summed E-state index contributed by atoms with van der Waals surface area (Å²) in [6.45, 7) is 1.81. The third-order valence-corrected chi connectivity index (χ3v) is 2.24. The zero-order valence-electron chi connectivity index (χ0n) is 8.51. The van der Waals surface area contributed by atoms with Crippen molar-refractivity contribution in [1.82, 2.24) is 9.55 Å². The molecular weight excluding hydrogens is 210 g/mol. The van der Waals surface area contributed by atoms with E-state index in [2.05, 4.69) is 4.98 Å². The maximum Gasteiger partial charge on any atom is 0.330 e. The lowest BCUT2D eigenvalue weighted by atomic mass is 10.2. The summed E-state index contributed by atoms with van der Waals surface area (Å²) in [5, 5.41) is 10.8. The molecular formula is C10H9N3O3. The van der Waals surface area contributed by atoms with Crippen molar-refractivity contribution in [1.29, 1.82) is 0 Å². The molecule has 0 radical (unpaired) electrons. The van der Waals surface area contributed by atoms with Gasteiger partial charge in [0.05, 0.1) is 4.92 Å². The van der Waals surface area contributed by atoms with E-state index in [9.17, 15) is 14.9 Å². The van der Waals surface area contributed by atoms with Crippen LogP contribution in [0.1, 0.15) is 5.56 Å².